The van der Waals surface area contributed by atoms with Crippen LogP contribution in [0.2, 0.25) is 0 Å². The predicted octanol–water partition coefficient (Wildman–Crippen LogP) is 4.57. The zero-order valence-corrected chi connectivity index (χ0v) is 21.0. The zero-order chi connectivity index (χ0) is 25.1. The van der Waals surface area contributed by atoms with Crippen LogP contribution in [0.15, 0.2) is 46.8 Å². The van der Waals surface area contributed by atoms with Crippen LogP contribution in [-0.2, 0) is 23.9 Å². The van der Waals surface area contributed by atoms with Crippen LogP contribution in [-0.4, -0.2) is 38.0 Å². The van der Waals surface area contributed by atoms with Gasteiger partial charge in [-0.15, -0.1) is 0 Å². The zero-order valence-electron chi connectivity index (χ0n) is 21.0. The van der Waals surface area contributed by atoms with Gasteiger partial charge in [0.2, 0.25) is 0 Å². The summed E-state index contributed by atoms with van der Waals surface area (Å²) in [6, 6.07) is 7.38. The number of ether oxygens (including phenoxy) is 3. The van der Waals surface area contributed by atoms with Crippen molar-refractivity contribution in [3.05, 3.63) is 52.4 Å². The van der Waals surface area contributed by atoms with Gasteiger partial charge in [-0.05, 0) is 62.6 Å². The number of esters is 2. The highest BCUT2D eigenvalue weighted by Crippen LogP contribution is 2.46. The third-order valence-corrected chi connectivity index (χ3v) is 7.47. The van der Waals surface area contributed by atoms with Crippen molar-refractivity contribution in [2.24, 2.45) is 11.8 Å². The first kappa shape index (κ1) is 25.0. The number of methoxy groups -OCH3 is 2. The van der Waals surface area contributed by atoms with Gasteiger partial charge in [-0.3, -0.25) is 9.59 Å². The average Bonchev–Trinajstić information content (AvgIpc) is 3.11. The van der Waals surface area contributed by atoms with Gasteiger partial charge in [-0.2, -0.15) is 0 Å². The fraction of sp³-hybridized carbons (Fsp3) is 0.536. The molecule has 2 aliphatic carbocycles. The summed E-state index contributed by atoms with van der Waals surface area (Å²) in [5, 5.41) is 3.32. The molecule has 7 nitrogen and oxygen atoms in total. The van der Waals surface area contributed by atoms with Gasteiger partial charge >= 0.3 is 11.9 Å². The highest BCUT2D eigenvalue weighted by molar-refractivity contribution is 6.12. The molecular weight excluding hydrogens is 446 g/mol. The number of carbonyl (C=O) groups is 3. The maximum absolute atomic E-state index is 13.8. The summed E-state index contributed by atoms with van der Waals surface area (Å²) in [7, 11) is 2.87. The highest BCUT2D eigenvalue weighted by atomic mass is 16.5. The Morgan fingerprint density at radius 2 is 1.77 bits per heavy atom. The van der Waals surface area contributed by atoms with Crippen LogP contribution < -0.4 is 10.1 Å². The molecule has 0 bridgehead atoms. The predicted molar refractivity (Wildman–Crippen MR) is 130 cm³/mol. The molecule has 0 radical (unpaired) electrons. The molecule has 3 aliphatic rings. The standard InChI is InChI=1S/C28H35NO6/c1-16-14-21-25(26(30)22(16)27(31)34-4)24(18-10-9-13-20(15-18)33-3)23(17(2)29-21)28(32)35-19-11-7-5-6-8-12-19/h9-10,13,15-16,19,22,24,29H,5-8,11-12,14H2,1-4H3/t16-,22-,24+/m0/s1. The summed E-state index contributed by atoms with van der Waals surface area (Å²) in [4.78, 5) is 40.1. The second kappa shape index (κ2) is 10.7. The van der Waals surface area contributed by atoms with Crippen molar-refractivity contribution in [1.29, 1.82) is 0 Å². The molecule has 7 heteroatoms. The summed E-state index contributed by atoms with van der Waals surface area (Å²) >= 11 is 0. The van der Waals surface area contributed by atoms with Gasteiger partial charge in [0.15, 0.2) is 5.78 Å². The van der Waals surface area contributed by atoms with Crippen LogP contribution in [0.4, 0.5) is 0 Å². The van der Waals surface area contributed by atoms with E-state index < -0.39 is 23.8 Å². The number of allylic oxidation sites excluding steroid dienone is 3. The number of carbonyl (C=O) groups excluding carboxylic acids is 3. The Balaban J connectivity index is 1.78. The molecule has 1 aliphatic heterocycles. The molecule has 4 rings (SSSR count). The van der Waals surface area contributed by atoms with Gasteiger partial charge in [-0.25, -0.2) is 4.79 Å². The topological polar surface area (TPSA) is 90.9 Å². The van der Waals surface area contributed by atoms with E-state index >= 15 is 0 Å². The summed E-state index contributed by atoms with van der Waals surface area (Å²) in [5.41, 5.74) is 3.01. The van der Waals surface area contributed by atoms with Crippen molar-refractivity contribution < 1.29 is 28.6 Å². The normalized spacial score (nSPS) is 25.4. The van der Waals surface area contributed by atoms with E-state index in [9.17, 15) is 14.4 Å². The van der Waals surface area contributed by atoms with Crippen LogP contribution in [0.3, 0.4) is 0 Å². The number of rotatable bonds is 5. The second-order valence-corrected chi connectivity index (χ2v) is 9.83. The molecule has 0 saturated heterocycles. The van der Waals surface area contributed by atoms with Crippen LogP contribution >= 0.6 is 0 Å². The summed E-state index contributed by atoms with van der Waals surface area (Å²) in [6.07, 6.45) is 6.47. The van der Waals surface area contributed by atoms with Gasteiger partial charge in [-0.1, -0.05) is 31.9 Å². The first-order valence-electron chi connectivity index (χ1n) is 12.5. The molecule has 1 saturated carbocycles. The number of benzene rings is 1. The first-order chi connectivity index (χ1) is 16.8. The van der Waals surface area contributed by atoms with E-state index in [1.807, 2.05) is 38.1 Å². The number of dihydropyridines is 1. The molecule has 1 fully saturated rings. The second-order valence-electron chi connectivity index (χ2n) is 9.83. The molecule has 3 atom stereocenters. The Hall–Kier alpha value is -3.09. The number of hydrogen-bond donors (Lipinski definition) is 1. The Kier molecular flexibility index (Phi) is 7.63. The molecule has 1 heterocycles. The van der Waals surface area contributed by atoms with E-state index in [1.165, 1.54) is 7.11 Å². The van der Waals surface area contributed by atoms with Crippen molar-refractivity contribution in [3.63, 3.8) is 0 Å². The molecule has 1 N–H and O–H groups in total. The molecule has 1 aromatic carbocycles. The minimum absolute atomic E-state index is 0.128. The minimum Gasteiger partial charge on any atom is -0.497 e. The van der Waals surface area contributed by atoms with E-state index in [0.29, 0.717) is 29.0 Å². The third-order valence-electron chi connectivity index (χ3n) is 7.47. The van der Waals surface area contributed by atoms with Crippen molar-refractivity contribution >= 4 is 17.7 Å². The molecule has 0 spiro atoms. The maximum Gasteiger partial charge on any atom is 0.337 e. The van der Waals surface area contributed by atoms with E-state index in [4.69, 9.17) is 14.2 Å². The van der Waals surface area contributed by atoms with E-state index in [2.05, 4.69) is 5.32 Å². The van der Waals surface area contributed by atoms with Gasteiger partial charge in [0.1, 0.15) is 17.8 Å². The average molecular weight is 482 g/mol. The smallest absolute Gasteiger partial charge is 0.337 e. The van der Waals surface area contributed by atoms with Crippen LogP contribution in [0.25, 0.3) is 0 Å². The molecule has 35 heavy (non-hydrogen) atoms. The van der Waals surface area contributed by atoms with Gasteiger partial charge in [0, 0.05) is 22.9 Å². The van der Waals surface area contributed by atoms with E-state index in [-0.39, 0.29) is 17.8 Å². The lowest BCUT2D eigenvalue weighted by Gasteiger charge is -2.38. The number of nitrogens with one attached hydrogen (secondary N) is 1. The van der Waals surface area contributed by atoms with Gasteiger partial charge in [0.05, 0.1) is 19.8 Å². The quantitative estimate of drug-likeness (QED) is 0.374. The summed E-state index contributed by atoms with van der Waals surface area (Å²) in [5.74, 6) is -2.44. The Morgan fingerprint density at radius 3 is 2.43 bits per heavy atom. The molecule has 0 amide bonds. The lowest BCUT2D eigenvalue weighted by atomic mass is 9.69. The Labute approximate surface area is 206 Å². The Bertz CT molecular complexity index is 1060. The third kappa shape index (κ3) is 5.00. The van der Waals surface area contributed by atoms with E-state index in [0.717, 1.165) is 49.8 Å². The van der Waals surface area contributed by atoms with Gasteiger partial charge in [0.25, 0.3) is 0 Å². The highest BCUT2D eigenvalue weighted by Gasteiger charge is 2.47. The maximum atomic E-state index is 13.8. The summed E-state index contributed by atoms with van der Waals surface area (Å²) in [6.45, 7) is 3.72. The molecule has 0 aromatic heterocycles. The van der Waals surface area contributed by atoms with Crippen LogP contribution in [0, 0.1) is 11.8 Å². The molecule has 188 valence electrons. The fourth-order valence-electron chi connectivity index (χ4n) is 5.68. The van der Waals surface area contributed by atoms with Crippen LogP contribution in [0.5, 0.6) is 5.75 Å². The van der Waals surface area contributed by atoms with Crippen molar-refractivity contribution in [1.82, 2.24) is 5.32 Å². The van der Waals surface area contributed by atoms with Crippen molar-refractivity contribution in [3.8, 4) is 5.75 Å². The van der Waals surface area contributed by atoms with Crippen molar-refractivity contribution in [2.45, 2.75) is 70.8 Å². The van der Waals surface area contributed by atoms with Gasteiger partial charge < -0.3 is 19.5 Å². The number of hydrogen-bond acceptors (Lipinski definition) is 7. The largest absolute Gasteiger partial charge is 0.497 e. The Morgan fingerprint density at radius 1 is 1.06 bits per heavy atom. The monoisotopic (exact) mass is 481 g/mol. The lowest BCUT2D eigenvalue weighted by Crippen LogP contribution is -2.43. The lowest BCUT2D eigenvalue weighted by molar-refractivity contribution is -0.151. The molecular formula is C28H35NO6. The minimum atomic E-state index is -0.911. The molecule has 0 unspecified atom stereocenters. The SMILES string of the molecule is COC(=O)[C@@H]1C(=O)C2=C(C[C@@H]1C)NC(C)=C(C(=O)OC1CCCCCC1)[C@H]2c1cccc(OC)c1. The fourth-order valence-corrected chi connectivity index (χ4v) is 5.68. The van der Waals surface area contributed by atoms with Crippen LogP contribution in [0.1, 0.15) is 70.3 Å². The van der Waals surface area contributed by atoms with E-state index in [1.54, 1.807) is 7.11 Å². The summed E-state index contributed by atoms with van der Waals surface area (Å²) < 4.78 is 16.4. The van der Waals surface area contributed by atoms with Crippen molar-refractivity contribution in [2.75, 3.05) is 14.2 Å². The first-order valence-corrected chi connectivity index (χ1v) is 12.5. The number of Topliss-reactive ketones (excluding diaryl/α,β-unsaturated/α-hetero) is 1. The number of ketones is 1. The molecule has 1 aromatic rings.